The van der Waals surface area contributed by atoms with Crippen LogP contribution >= 0.6 is 22.7 Å². The molecule has 3 aromatic rings. The molecular weight excluding hydrogens is 358 g/mol. The Kier molecular flexibility index (Phi) is 5.29. The second-order valence-electron chi connectivity index (χ2n) is 5.65. The monoisotopic (exact) mass is 377 g/mol. The predicted molar refractivity (Wildman–Crippen MR) is 98.7 cm³/mol. The molecule has 6 nitrogen and oxygen atoms in total. The molecule has 0 aromatic carbocycles. The Morgan fingerprint density at radius 2 is 2.08 bits per heavy atom. The summed E-state index contributed by atoms with van der Waals surface area (Å²) in [7, 11) is 0. The van der Waals surface area contributed by atoms with Crippen molar-refractivity contribution in [2.75, 3.05) is 0 Å². The summed E-state index contributed by atoms with van der Waals surface area (Å²) in [5, 5.41) is 5.04. The third-order valence-corrected chi connectivity index (χ3v) is 5.86. The van der Waals surface area contributed by atoms with Crippen LogP contribution in [0.15, 0.2) is 16.9 Å². The third-order valence-electron chi connectivity index (χ3n) is 3.73. The van der Waals surface area contributed by atoms with Gasteiger partial charge in [-0.3, -0.25) is 4.79 Å². The molecule has 0 saturated carbocycles. The molecule has 0 saturated heterocycles. The van der Waals surface area contributed by atoms with E-state index in [-0.39, 0.29) is 18.1 Å². The molecule has 0 unspecified atom stereocenters. The molecule has 0 radical (unpaired) electrons. The van der Waals surface area contributed by atoms with Crippen LogP contribution in [-0.4, -0.2) is 20.6 Å². The van der Waals surface area contributed by atoms with Gasteiger partial charge in [-0.1, -0.05) is 31.6 Å². The minimum absolute atomic E-state index is 0.0238. The van der Waals surface area contributed by atoms with Gasteiger partial charge in [-0.2, -0.15) is 9.61 Å². The molecule has 3 rings (SSSR count). The fraction of sp³-hybridized carbons (Fsp3) is 0.412. The molecule has 3 aromatic heterocycles. The van der Waals surface area contributed by atoms with E-state index in [1.807, 2.05) is 19.9 Å². The zero-order chi connectivity index (χ0) is 18.0. The normalized spacial score (nSPS) is 11.2. The summed E-state index contributed by atoms with van der Waals surface area (Å²) in [5.41, 5.74) is 1.37. The van der Waals surface area contributed by atoms with Crippen LogP contribution in [0.2, 0.25) is 0 Å². The van der Waals surface area contributed by atoms with Crippen LogP contribution in [-0.2, 0) is 24.2 Å². The lowest BCUT2D eigenvalue weighted by molar-refractivity contribution is 0.0473. The molecule has 25 heavy (non-hydrogen) atoms. The highest BCUT2D eigenvalue weighted by Gasteiger charge is 2.15. The molecule has 132 valence electrons. The summed E-state index contributed by atoms with van der Waals surface area (Å²) < 4.78 is 6.63. The van der Waals surface area contributed by atoms with Crippen LogP contribution < -0.4 is 5.56 Å². The lowest BCUT2D eigenvalue weighted by Crippen LogP contribution is -2.16. The number of hydrogen-bond donors (Lipinski definition) is 0. The lowest BCUT2D eigenvalue weighted by Gasteiger charge is -2.02. The number of esters is 1. The van der Waals surface area contributed by atoms with E-state index in [9.17, 15) is 9.59 Å². The van der Waals surface area contributed by atoms with Gasteiger partial charge >= 0.3 is 5.97 Å². The molecule has 0 aliphatic rings. The van der Waals surface area contributed by atoms with E-state index in [4.69, 9.17) is 4.74 Å². The number of carbonyl (C=O) groups excluding carboxylic acids is 1. The summed E-state index contributed by atoms with van der Waals surface area (Å²) >= 11 is 2.81. The van der Waals surface area contributed by atoms with Crippen molar-refractivity contribution in [3.05, 3.63) is 48.5 Å². The van der Waals surface area contributed by atoms with E-state index in [0.29, 0.717) is 15.5 Å². The van der Waals surface area contributed by atoms with E-state index < -0.39 is 0 Å². The Hall–Kier alpha value is -2.06. The highest BCUT2D eigenvalue weighted by molar-refractivity contribution is 7.16. The minimum atomic E-state index is -0.379. The number of rotatable bonds is 6. The Labute approximate surface area is 153 Å². The van der Waals surface area contributed by atoms with E-state index >= 15 is 0 Å². The number of thiophene rings is 1. The predicted octanol–water partition coefficient (Wildman–Crippen LogP) is 3.39. The zero-order valence-electron chi connectivity index (χ0n) is 14.4. The third kappa shape index (κ3) is 3.80. The van der Waals surface area contributed by atoms with E-state index in [1.54, 1.807) is 0 Å². The maximum Gasteiger partial charge on any atom is 0.348 e. The molecule has 0 fully saturated rings. The summed E-state index contributed by atoms with van der Waals surface area (Å²) in [5.74, 6) is -0.379. The molecule has 0 bridgehead atoms. The summed E-state index contributed by atoms with van der Waals surface area (Å²) in [6.45, 7) is 6.07. The Bertz CT molecular complexity index is 971. The number of hydrogen-bond acceptors (Lipinski definition) is 7. The molecule has 0 aliphatic heterocycles. The van der Waals surface area contributed by atoms with Crippen molar-refractivity contribution < 1.29 is 9.53 Å². The Morgan fingerprint density at radius 3 is 2.80 bits per heavy atom. The SMILES string of the molecule is CCCc1cc(C(=O)OCc2cc(=O)n3nc(CC)sc3n2)sc1C. The summed E-state index contributed by atoms with van der Waals surface area (Å²) in [6, 6.07) is 3.26. The lowest BCUT2D eigenvalue weighted by atomic mass is 10.1. The van der Waals surface area contributed by atoms with Crippen molar-refractivity contribution in [2.24, 2.45) is 0 Å². The molecule has 3 heterocycles. The summed E-state index contributed by atoms with van der Waals surface area (Å²) in [6.07, 6.45) is 2.74. The number of ether oxygens (including phenoxy) is 1. The Balaban J connectivity index is 1.74. The molecule has 0 atom stereocenters. The second-order valence-corrected chi connectivity index (χ2v) is 7.94. The van der Waals surface area contributed by atoms with Gasteiger partial charge in [0.25, 0.3) is 5.56 Å². The van der Waals surface area contributed by atoms with Crippen molar-refractivity contribution in [2.45, 2.75) is 46.6 Å². The minimum Gasteiger partial charge on any atom is -0.455 e. The van der Waals surface area contributed by atoms with Crippen molar-refractivity contribution in [1.29, 1.82) is 0 Å². The largest absolute Gasteiger partial charge is 0.455 e. The smallest absolute Gasteiger partial charge is 0.348 e. The first-order valence-electron chi connectivity index (χ1n) is 8.17. The van der Waals surface area contributed by atoms with Crippen molar-refractivity contribution in [1.82, 2.24) is 14.6 Å². The van der Waals surface area contributed by atoms with Gasteiger partial charge in [-0.25, -0.2) is 9.78 Å². The molecule has 0 spiro atoms. The number of carbonyl (C=O) groups is 1. The van der Waals surface area contributed by atoms with Crippen molar-refractivity contribution in [3.8, 4) is 0 Å². The first-order chi connectivity index (χ1) is 12.0. The van der Waals surface area contributed by atoms with Crippen molar-refractivity contribution in [3.63, 3.8) is 0 Å². The molecular formula is C17H19N3O3S2. The number of nitrogens with zero attached hydrogens (tertiary/aromatic N) is 3. The van der Waals surface area contributed by atoms with E-state index in [2.05, 4.69) is 17.0 Å². The van der Waals surface area contributed by atoms with Gasteiger partial charge in [0.2, 0.25) is 4.96 Å². The zero-order valence-corrected chi connectivity index (χ0v) is 16.0. The van der Waals surface area contributed by atoms with Gasteiger partial charge in [-0.05, 0) is 31.4 Å². The number of aromatic nitrogens is 3. The highest BCUT2D eigenvalue weighted by Crippen LogP contribution is 2.23. The van der Waals surface area contributed by atoms with Gasteiger partial charge in [0.15, 0.2) is 0 Å². The van der Waals surface area contributed by atoms with Crippen LogP contribution in [0.4, 0.5) is 0 Å². The topological polar surface area (TPSA) is 73.6 Å². The second kappa shape index (κ2) is 7.45. The standard InChI is InChI=1S/C17H19N3O3S2/c1-4-6-11-7-13(24-10(11)3)16(22)23-9-12-8-15(21)20-17(18-12)25-14(5-2)19-20/h7-8H,4-6,9H2,1-3H3. The van der Waals surface area contributed by atoms with Crippen molar-refractivity contribution >= 4 is 33.6 Å². The maximum atomic E-state index is 12.3. The van der Waals surface area contributed by atoms with Gasteiger partial charge < -0.3 is 4.74 Å². The quantitative estimate of drug-likeness (QED) is 0.616. The van der Waals surface area contributed by atoms with Crippen LogP contribution in [0.25, 0.3) is 4.96 Å². The van der Waals surface area contributed by atoms with Crippen LogP contribution in [0, 0.1) is 6.92 Å². The van der Waals surface area contributed by atoms with Gasteiger partial charge in [0, 0.05) is 10.9 Å². The van der Waals surface area contributed by atoms with Crippen LogP contribution in [0.3, 0.4) is 0 Å². The average Bonchev–Trinajstić information content (AvgIpc) is 3.17. The van der Waals surface area contributed by atoms with E-state index in [1.165, 1.54) is 38.8 Å². The van der Waals surface area contributed by atoms with E-state index in [0.717, 1.165) is 29.1 Å². The number of aryl methyl sites for hydroxylation is 3. The highest BCUT2D eigenvalue weighted by atomic mass is 32.1. The fourth-order valence-corrected chi connectivity index (χ4v) is 4.28. The molecule has 8 heteroatoms. The summed E-state index contributed by atoms with van der Waals surface area (Å²) in [4.78, 5) is 31.0. The van der Waals surface area contributed by atoms with Gasteiger partial charge in [-0.15, -0.1) is 11.3 Å². The van der Waals surface area contributed by atoms with Gasteiger partial charge in [0.05, 0.1) is 5.69 Å². The fourth-order valence-electron chi connectivity index (χ4n) is 2.46. The first-order valence-corrected chi connectivity index (χ1v) is 9.80. The molecule has 0 N–H and O–H groups in total. The van der Waals surface area contributed by atoms with Gasteiger partial charge in [0.1, 0.15) is 16.5 Å². The van der Waals surface area contributed by atoms with Crippen LogP contribution in [0.5, 0.6) is 0 Å². The maximum absolute atomic E-state index is 12.3. The molecule has 0 amide bonds. The first kappa shape index (κ1) is 17.8. The van der Waals surface area contributed by atoms with Crippen LogP contribution in [0.1, 0.15) is 51.1 Å². The average molecular weight is 377 g/mol. The number of fused-ring (bicyclic) bond motifs is 1. The Morgan fingerprint density at radius 1 is 1.28 bits per heavy atom. The molecule has 0 aliphatic carbocycles.